The van der Waals surface area contributed by atoms with Crippen LogP contribution < -0.4 is 0 Å². The Hall–Kier alpha value is -3.48. The number of aromatic amines is 1. The van der Waals surface area contributed by atoms with Gasteiger partial charge in [0.2, 0.25) is 5.91 Å². The van der Waals surface area contributed by atoms with Crippen LogP contribution in [0.5, 0.6) is 0 Å². The van der Waals surface area contributed by atoms with Gasteiger partial charge in [0.1, 0.15) is 0 Å². The van der Waals surface area contributed by atoms with Gasteiger partial charge in [0.15, 0.2) is 5.82 Å². The molecule has 31 heavy (non-hydrogen) atoms. The van der Waals surface area contributed by atoms with Gasteiger partial charge in [0, 0.05) is 42.8 Å². The quantitative estimate of drug-likeness (QED) is 0.541. The summed E-state index contributed by atoms with van der Waals surface area (Å²) < 4.78 is 1.88. The molecule has 1 N–H and O–H groups in total. The average Bonchev–Trinajstić information content (AvgIpc) is 3.17. The number of nitrogens with one attached hydrogen (secondary N) is 1. The third-order valence-corrected chi connectivity index (χ3v) is 6.52. The minimum Gasteiger partial charge on any atom is -0.361 e. The largest absolute Gasteiger partial charge is 0.361 e. The first kappa shape index (κ1) is 18.3. The van der Waals surface area contributed by atoms with Gasteiger partial charge >= 0.3 is 0 Å². The monoisotopic (exact) mass is 412 g/mol. The molecule has 1 saturated heterocycles. The highest BCUT2D eigenvalue weighted by molar-refractivity contribution is 5.85. The van der Waals surface area contributed by atoms with E-state index in [1.54, 1.807) is 0 Å². The molecule has 2 aromatic carbocycles. The summed E-state index contributed by atoms with van der Waals surface area (Å²) >= 11 is 0. The molecule has 1 aliphatic heterocycles. The van der Waals surface area contributed by atoms with E-state index < -0.39 is 0 Å². The van der Waals surface area contributed by atoms with Crippen LogP contribution >= 0.6 is 0 Å². The maximum absolute atomic E-state index is 12.3. The van der Waals surface area contributed by atoms with Gasteiger partial charge in [-0.2, -0.15) is 0 Å². The molecule has 0 unspecified atom stereocenters. The van der Waals surface area contributed by atoms with Crippen LogP contribution in [-0.4, -0.2) is 49.1 Å². The second-order valence-corrected chi connectivity index (χ2v) is 8.75. The summed E-state index contributed by atoms with van der Waals surface area (Å²) in [5, 5.41) is 13.6. The van der Waals surface area contributed by atoms with Crippen molar-refractivity contribution >= 4 is 16.8 Å². The maximum atomic E-state index is 12.3. The number of tetrazole rings is 1. The predicted octanol–water partition coefficient (Wildman–Crippen LogP) is 3.75. The van der Waals surface area contributed by atoms with Crippen LogP contribution in [0, 0.1) is 11.8 Å². The van der Waals surface area contributed by atoms with Crippen LogP contribution in [0.25, 0.3) is 33.4 Å². The first-order valence-corrected chi connectivity index (χ1v) is 11.0. The van der Waals surface area contributed by atoms with Crippen LogP contribution in [0.3, 0.4) is 0 Å². The van der Waals surface area contributed by atoms with Crippen molar-refractivity contribution in [2.45, 2.75) is 25.8 Å². The van der Waals surface area contributed by atoms with Gasteiger partial charge in [-0.3, -0.25) is 4.79 Å². The molecule has 2 aliphatic rings. The molecule has 1 aliphatic carbocycles. The third-order valence-electron chi connectivity index (χ3n) is 6.52. The fourth-order valence-electron chi connectivity index (χ4n) is 4.59. The van der Waals surface area contributed by atoms with Crippen molar-refractivity contribution in [2.75, 3.05) is 13.1 Å². The molecule has 0 spiro atoms. The molecular weight excluding hydrogens is 388 g/mol. The number of carbonyl (C=O) groups excluding carboxylic acids is 1. The Morgan fingerprint density at radius 3 is 2.65 bits per heavy atom. The zero-order valence-corrected chi connectivity index (χ0v) is 17.2. The summed E-state index contributed by atoms with van der Waals surface area (Å²) in [4.78, 5) is 17.6. The minimum absolute atomic E-state index is 0.290. The summed E-state index contributed by atoms with van der Waals surface area (Å²) in [5.41, 5.74) is 4.46. The minimum atomic E-state index is 0.290. The standard InChI is InChI=1S/C24H24N6O/c31-24(20-6-7-20)29-12-10-16(14-29)15-30-23(26-27-28-30)19-4-1-17(2-5-19)21-8-3-18-9-11-25-22(18)13-21/h1-5,8-9,11,13,16,20,25H,6-7,10,12,14-15H2/t16-/m1/s1. The molecule has 1 amide bonds. The summed E-state index contributed by atoms with van der Waals surface area (Å²) in [6.45, 7) is 2.41. The van der Waals surface area contributed by atoms with Gasteiger partial charge in [0.05, 0.1) is 0 Å². The van der Waals surface area contributed by atoms with Crippen LogP contribution in [0.15, 0.2) is 54.7 Å². The van der Waals surface area contributed by atoms with E-state index >= 15 is 0 Å². The number of benzene rings is 2. The molecule has 1 atom stereocenters. The lowest BCUT2D eigenvalue weighted by Gasteiger charge is -2.16. The number of H-pyrrole nitrogens is 1. The van der Waals surface area contributed by atoms with Gasteiger partial charge in [0.25, 0.3) is 0 Å². The number of hydrogen-bond acceptors (Lipinski definition) is 4. The first-order chi connectivity index (χ1) is 15.2. The van der Waals surface area contributed by atoms with E-state index in [1.807, 2.05) is 15.8 Å². The van der Waals surface area contributed by atoms with E-state index in [9.17, 15) is 4.79 Å². The van der Waals surface area contributed by atoms with E-state index in [2.05, 4.69) is 69.0 Å². The molecule has 4 aromatic rings. The topological polar surface area (TPSA) is 79.7 Å². The Morgan fingerprint density at radius 2 is 1.81 bits per heavy atom. The zero-order valence-electron chi connectivity index (χ0n) is 17.2. The summed E-state index contributed by atoms with van der Waals surface area (Å²) in [6.07, 6.45) is 5.10. The van der Waals surface area contributed by atoms with Crippen molar-refractivity contribution in [3.8, 4) is 22.5 Å². The number of rotatable bonds is 5. The number of likely N-dealkylation sites (tertiary alicyclic amines) is 1. The number of aromatic nitrogens is 5. The highest BCUT2D eigenvalue weighted by Crippen LogP contribution is 2.33. The SMILES string of the molecule is O=C(C1CC1)N1CC[C@@H](Cn2nnnc2-c2ccc(-c3ccc4cc[nH]c4c3)cc2)C1. The number of fused-ring (bicyclic) bond motifs is 1. The lowest BCUT2D eigenvalue weighted by molar-refractivity contribution is -0.131. The molecule has 7 nitrogen and oxygen atoms in total. The van der Waals surface area contributed by atoms with Crippen molar-refractivity contribution in [2.24, 2.45) is 11.8 Å². The zero-order chi connectivity index (χ0) is 20.8. The second kappa shape index (κ2) is 7.34. The average molecular weight is 412 g/mol. The molecule has 7 heteroatoms. The summed E-state index contributed by atoms with van der Waals surface area (Å²) in [6, 6.07) is 16.9. The Kier molecular flexibility index (Phi) is 4.33. The molecule has 1 saturated carbocycles. The molecule has 2 fully saturated rings. The van der Waals surface area contributed by atoms with Crippen molar-refractivity contribution < 1.29 is 4.79 Å². The third kappa shape index (κ3) is 3.50. The van der Waals surface area contributed by atoms with E-state index in [1.165, 1.54) is 10.9 Å². The van der Waals surface area contributed by atoms with E-state index in [4.69, 9.17) is 0 Å². The summed E-state index contributed by atoms with van der Waals surface area (Å²) in [7, 11) is 0. The second-order valence-electron chi connectivity index (χ2n) is 8.75. The number of carbonyl (C=O) groups is 1. The van der Waals surface area contributed by atoms with Crippen LogP contribution in [0.1, 0.15) is 19.3 Å². The van der Waals surface area contributed by atoms with E-state index in [-0.39, 0.29) is 0 Å². The fraction of sp³-hybridized carbons (Fsp3) is 0.333. The van der Waals surface area contributed by atoms with Crippen molar-refractivity contribution in [1.29, 1.82) is 0 Å². The van der Waals surface area contributed by atoms with Gasteiger partial charge in [-0.15, -0.1) is 5.10 Å². The van der Waals surface area contributed by atoms with E-state index in [0.29, 0.717) is 17.7 Å². The van der Waals surface area contributed by atoms with Gasteiger partial charge in [-0.05, 0) is 64.3 Å². The highest BCUT2D eigenvalue weighted by Gasteiger charge is 2.36. The number of amides is 1. The first-order valence-electron chi connectivity index (χ1n) is 11.0. The van der Waals surface area contributed by atoms with Crippen molar-refractivity contribution in [3.63, 3.8) is 0 Å². The molecule has 3 heterocycles. The van der Waals surface area contributed by atoms with E-state index in [0.717, 1.165) is 61.4 Å². The Morgan fingerprint density at radius 1 is 1.00 bits per heavy atom. The molecule has 156 valence electrons. The van der Waals surface area contributed by atoms with Crippen LogP contribution in [0.4, 0.5) is 0 Å². The van der Waals surface area contributed by atoms with Crippen molar-refractivity contribution in [3.05, 3.63) is 54.7 Å². The lowest BCUT2D eigenvalue weighted by atomic mass is 10.0. The fourth-order valence-corrected chi connectivity index (χ4v) is 4.59. The van der Waals surface area contributed by atoms with Gasteiger partial charge in [-0.25, -0.2) is 4.68 Å². The lowest BCUT2D eigenvalue weighted by Crippen LogP contribution is -2.30. The van der Waals surface area contributed by atoms with Crippen molar-refractivity contribution in [1.82, 2.24) is 30.1 Å². The van der Waals surface area contributed by atoms with Gasteiger partial charge in [-0.1, -0.05) is 36.4 Å². The normalized spacial score (nSPS) is 18.7. The van der Waals surface area contributed by atoms with Gasteiger partial charge < -0.3 is 9.88 Å². The maximum Gasteiger partial charge on any atom is 0.225 e. The van der Waals surface area contributed by atoms with Crippen LogP contribution in [0.2, 0.25) is 0 Å². The molecule has 0 bridgehead atoms. The molecule has 6 rings (SSSR count). The Bertz CT molecular complexity index is 1240. The summed E-state index contributed by atoms with van der Waals surface area (Å²) in [5.74, 6) is 1.81. The number of hydrogen-bond donors (Lipinski definition) is 1. The predicted molar refractivity (Wildman–Crippen MR) is 118 cm³/mol. The number of nitrogens with zero attached hydrogens (tertiary/aromatic N) is 5. The smallest absolute Gasteiger partial charge is 0.225 e. The Labute approximate surface area is 180 Å². The van der Waals surface area contributed by atoms with Crippen LogP contribution in [-0.2, 0) is 11.3 Å². The molecule has 2 aromatic heterocycles. The Balaban J connectivity index is 1.18. The highest BCUT2D eigenvalue weighted by atomic mass is 16.2. The molecule has 0 radical (unpaired) electrons. The molecular formula is C24H24N6O.